The summed E-state index contributed by atoms with van der Waals surface area (Å²) in [6.45, 7) is 2.50. The first kappa shape index (κ1) is 15.6. The third-order valence-corrected chi connectivity index (χ3v) is 2.82. The van der Waals surface area contributed by atoms with Gasteiger partial charge in [-0.3, -0.25) is 4.79 Å². The Labute approximate surface area is 128 Å². The summed E-state index contributed by atoms with van der Waals surface area (Å²) in [5.74, 6) is 0.549. The first-order chi connectivity index (χ1) is 10.6. The minimum atomic E-state index is -0.309. The van der Waals surface area contributed by atoms with Gasteiger partial charge in [0.2, 0.25) is 0 Å². The predicted molar refractivity (Wildman–Crippen MR) is 80.6 cm³/mol. The molecule has 0 bridgehead atoms. The second-order valence-corrected chi connectivity index (χ2v) is 4.67. The number of nitrogens with zero attached hydrogens (tertiary/aromatic N) is 1. The quantitative estimate of drug-likeness (QED) is 0.474. The van der Waals surface area contributed by atoms with Gasteiger partial charge in [0.15, 0.2) is 12.8 Å². The Hall–Kier alpha value is -2.76. The van der Waals surface area contributed by atoms with Crippen LogP contribution >= 0.6 is 0 Å². The molecule has 0 unspecified atom stereocenters. The number of aromatic nitrogens is 1. The topological polar surface area (TPSA) is 74.5 Å². The van der Waals surface area contributed by atoms with Gasteiger partial charge in [-0.05, 0) is 30.7 Å². The molecule has 1 heterocycles. The molecule has 1 amide bonds. The van der Waals surface area contributed by atoms with Crippen LogP contribution in [0.5, 0.6) is 11.6 Å². The molecule has 0 atom stereocenters. The Morgan fingerprint density at radius 3 is 2.86 bits per heavy atom. The Bertz CT molecular complexity index is 631. The van der Waals surface area contributed by atoms with E-state index in [1.807, 2.05) is 31.2 Å². The lowest BCUT2D eigenvalue weighted by molar-refractivity contribution is -0.612. The molecule has 0 aliphatic rings. The molecular weight excluding hydrogens is 284 g/mol. The smallest absolute Gasteiger partial charge is 0.379 e. The second-order valence-electron chi connectivity index (χ2n) is 4.67. The van der Waals surface area contributed by atoms with E-state index in [1.54, 1.807) is 12.1 Å². The van der Waals surface area contributed by atoms with Crippen LogP contribution in [0.15, 0.2) is 48.7 Å². The molecule has 1 N–H and O–H groups in total. The van der Waals surface area contributed by atoms with Crippen molar-refractivity contribution in [3.8, 4) is 11.6 Å². The van der Waals surface area contributed by atoms with Gasteiger partial charge < -0.3 is 20.0 Å². The Morgan fingerprint density at radius 1 is 1.23 bits per heavy atom. The van der Waals surface area contributed by atoms with Crippen molar-refractivity contribution in [3.63, 3.8) is 0 Å². The molecule has 116 valence electrons. The van der Waals surface area contributed by atoms with Crippen LogP contribution in [0.4, 0.5) is 0 Å². The lowest BCUT2D eigenvalue weighted by atomic mass is 10.2. The molecule has 2 aromatic rings. The van der Waals surface area contributed by atoms with E-state index in [4.69, 9.17) is 9.47 Å². The molecule has 0 aliphatic heterocycles. The molecule has 6 heteroatoms. The molecule has 0 saturated carbocycles. The summed E-state index contributed by atoms with van der Waals surface area (Å²) in [6.07, 6.45) is 1.31. The van der Waals surface area contributed by atoms with Crippen molar-refractivity contribution in [2.45, 2.75) is 6.92 Å². The van der Waals surface area contributed by atoms with Crippen LogP contribution in [0, 0.1) is 12.1 Å². The second kappa shape index (κ2) is 7.87. The van der Waals surface area contributed by atoms with Crippen molar-refractivity contribution in [2.24, 2.45) is 0 Å². The van der Waals surface area contributed by atoms with Crippen LogP contribution in [0.25, 0.3) is 0 Å². The summed E-state index contributed by atoms with van der Waals surface area (Å²) in [4.78, 5) is 11.6. The highest BCUT2D eigenvalue weighted by Gasteiger charge is 2.08. The van der Waals surface area contributed by atoms with E-state index in [1.165, 1.54) is 12.3 Å². The summed E-state index contributed by atoms with van der Waals surface area (Å²) in [5.41, 5.74) is 1.11. The number of amides is 1. The van der Waals surface area contributed by atoms with Crippen LogP contribution in [0.3, 0.4) is 0 Å². The van der Waals surface area contributed by atoms with Crippen molar-refractivity contribution in [3.05, 3.63) is 59.4 Å². The monoisotopic (exact) mass is 302 g/mol. The molecule has 6 nitrogen and oxygen atoms in total. The van der Waals surface area contributed by atoms with E-state index in [0.717, 1.165) is 11.3 Å². The molecule has 0 aliphatic carbocycles. The number of hydrogen-bond acceptors (Lipinski definition) is 4. The first-order valence-electron chi connectivity index (χ1n) is 6.92. The van der Waals surface area contributed by atoms with E-state index in [0.29, 0.717) is 17.9 Å². The van der Waals surface area contributed by atoms with Crippen molar-refractivity contribution < 1.29 is 19.0 Å². The number of nitrogens with one attached hydrogen (secondary N) is 1. The van der Waals surface area contributed by atoms with Gasteiger partial charge in [0, 0.05) is 6.07 Å². The summed E-state index contributed by atoms with van der Waals surface area (Å²) < 4.78 is 11.2. The standard InChI is InChI=1S/C16H18N2O4/c1-13-5-4-6-14(11-13)21-10-8-17-15(19)12-22-16-7-2-3-9-18(16)20/h2-7,9,11H,8,10,12H2,1H3,(H,17,19). The molecule has 0 saturated heterocycles. The molecule has 2 rings (SSSR count). The maximum atomic E-state index is 11.6. The highest BCUT2D eigenvalue weighted by Crippen LogP contribution is 2.11. The molecule has 0 radical (unpaired) electrons. The maximum absolute atomic E-state index is 11.6. The van der Waals surface area contributed by atoms with Crippen LogP contribution in [0.2, 0.25) is 0 Å². The largest absolute Gasteiger partial charge is 0.616 e. The van der Waals surface area contributed by atoms with Gasteiger partial charge in [-0.15, -0.1) is 4.73 Å². The third kappa shape index (κ3) is 4.97. The van der Waals surface area contributed by atoms with E-state index < -0.39 is 0 Å². The highest BCUT2D eigenvalue weighted by atomic mass is 16.6. The Morgan fingerprint density at radius 2 is 2.09 bits per heavy atom. The van der Waals surface area contributed by atoms with E-state index in [9.17, 15) is 10.0 Å². The molecule has 1 aromatic carbocycles. The summed E-state index contributed by atoms with van der Waals surface area (Å²) in [5, 5.41) is 14.0. The number of benzene rings is 1. The number of pyridine rings is 1. The minimum Gasteiger partial charge on any atom is -0.616 e. The first-order valence-corrected chi connectivity index (χ1v) is 6.92. The van der Waals surface area contributed by atoms with Gasteiger partial charge >= 0.3 is 5.88 Å². The minimum absolute atomic E-state index is 0.0914. The number of hydrogen-bond donors (Lipinski definition) is 1. The van der Waals surface area contributed by atoms with Crippen molar-refractivity contribution >= 4 is 5.91 Å². The number of aryl methyl sites for hydroxylation is 1. The van der Waals surface area contributed by atoms with E-state index in [-0.39, 0.29) is 18.4 Å². The Balaban J connectivity index is 1.65. The highest BCUT2D eigenvalue weighted by molar-refractivity contribution is 5.77. The number of ether oxygens (including phenoxy) is 2. The molecule has 0 spiro atoms. The van der Waals surface area contributed by atoms with Gasteiger partial charge in [0.05, 0.1) is 12.6 Å². The number of carbonyl (C=O) groups excluding carboxylic acids is 1. The van der Waals surface area contributed by atoms with Gasteiger partial charge in [0.25, 0.3) is 5.91 Å². The van der Waals surface area contributed by atoms with E-state index in [2.05, 4.69) is 5.32 Å². The van der Waals surface area contributed by atoms with Crippen LogP contribution < -0.4 is 19.5 Å². The lowest BCUT2D eigenvalue weighted by Crippen LogP contribution is -2.35. The predicted octanol–water partition coefficient (Wildman–Crippen LogP) is 1.20. The van der Waals surface area contributed by atoms with Crippen LogP contribution in [0.1, 0.15) is 5.56 Å². The van der Waals surface area contributed by atoms with E-state index >= 15 is 0 Å². The fourth-order valence-corrected chi connectivity index (χ4v) is 1.78. The zero-order chi connectivity index (χ0) is 15.8. The van der Waals surface area contributed by atoms with Gasteiger partial charge in [-0.2, -0.15) is 0 Å². The third-order valence-electron chi connectivity index (χ3n) is 2.82. The van der Waals surface area contributed by atoms with Crippen molar-refractivity contribution in [1.29, 1.82) is 0 Å². The molecular formula is C16H18N2O4. The summed E-state index contributed by atoms with van der Waals surface area (Å²) >= 11 is 0. The molecule has 22 heavy (non-hydrogen) atoms. The van der Waals surface area contributed by atoms with Gasteiger partial charge in [-0.1, -0.05) is 12.1 Å². The van der Waals surface area contributed by atoms with Crippen LogP contribution in [-0.2, 0) is 4.79 Å². The Kier molecular flexibility index (Phi) is 5.59. The molecule has 0 fully saturated rings. The fourth-order valence-electron chi connectivity index (χ4n) is 1.78. The SMILES string of the molecule is Cc1cccc(OCCNC(=O)COc2cccc[n+]2[O-])c1. The van der Waals surface area contributed by atoms with Crippen molar-refractivity contribution in [2.75, 3.05) is 19.8 Å². The lowest BCUT2D eigenvalue weighted by Gasteiger charge is -2.09. The average Bonchev–Trinajstić information content (AvgIpc) is 2.51. The summed E-state index contributed by atoms with van der Waals surface area (Å²) in [6, 6.07) is 12.4. The van der Waals surface area contributed by atoms with Crippen LogP contribution in [-0.4, -0.2) is 25.7 Å². The average molecular weight is 302 g/mol. The zero-order valence-electron chi connectivity index (χ0n) is 12.3. The van der Waals surface area contributed by atoms with Gasteiger partial charge in [-0.25, -0.2) is 0 Å². The van der Waals surface area contributed by atoms with Crippen molar-refractivity contribution in [1.82, 2.24) is 5.32 Å². The summed E-state index contributed by atoms with van der Waals surface area (Å²) in [7, 11) is 0. The number of rotatable bonds is 7. The maximum Gasteiger partial charge on any atom is 0.379 e. The zero-order valence-corrected chi connectivity index (χ0v) is 12.3. The normalized spacial score (nSPS) is 10.0. The van der Waals surface area contributed by atoms with Gasteiger partial charge in [0.1, 0.15) is 12.4 Å². The number of carbonyl (C=O) groups is 1. The fraction of sp³-hybridized carbons (Fsp3) is 0.250. The molecule has 1 aromatic heterocycles.